The van der Waals surface area contributed by atoms with Gasteiger partial charge in [0.05, 0.1) is 13.1 Å². The summed E-state index contributed by atoms with van der Waals surface area (Å²) in [6.45, 7) is 2.34. The number of quaternary nitrogens is 1. The number of anilines is 1. The number of hydrogen-bond acceptors (Lipinski definition) is 3. The predicted molar refractivity (Wildman–Crippen MR) is 65.6 cm³/mol. The predicted octanol–water partition coefficient (Wildman–Crippen LogP) is 0.327. The molecule has 5 nitrogen and oxygen atoms in total. The third-order valence-corrected chi connectivity index (χ3v) is 3.45. The molecule has 96 valence electrons. The Morgan fingerprint density at radius 2 is 2.00 bits per heavy atom. The fourth-order valence-electron chi connectivity index (χ4n) is 2.41. The first-order chi connectivity index (χ1) is 8.83. The fourth-order valence-corrected chi connectivity index (χ4v) is 2.41. The lowest BCUT2D eigenvalue weighted by Gasteiger charge is -2.19. The molecule has 1 aromatic rings. The Kier molecular flexibility index (Phi) is 3.06. The standard InChI is InChI=1S/C13H16N2O3/c16-13(9-3-5-14-6-4-9)15-10-1-2-11-12(7-10)18-8-17-11/h1-2,7,9,14H,3-6,8H2,(H,15,16)/p+1. The summed E-state index contributed by atoms with van der Waals surface area (Å²) in [4.78, 5) is 12.1. The first-order valence-electron chi connectivity index (χ1n) is 6.35. The number of carbonyl (C=O) groups excluding carboxylic acids is 1. The lowest BCUT2D eigenvalue weighted by atomic mass is 9.97. The number of nitrogens with two attached hydrogens (primary N) is 1. The number of amides is 1. The second kappa shape index (κ2) is 4.86. The minimum Gasteiger partial charge on any atom is -0.454 e. The van der Waals surface area contributed by atoms with Crippen LogP contribution in [-0.2, 0) is 4.79 Å². The van der Waals surface area contributed by atoms with Crippen LogP contribution in [0.2, 0.25) is 0 Å². The molecule has 2 aliphatic heterocycles. The van der Waals surface area contributed by atoms with E-state index in [-0.39, 0.29) is 18.6 Å². The Bertz CT molecular complexity index is 456. The van der Waals surface area contributed by atoms with Crippen molar-refractivity contribution in [1.29, 1.82) is 0 Å². The van der Waals surface area contributed by atoms with Crippen molar-refractivity contribution >= 4 is 11.6 Å². The monoisotopic (exact) mass is 249 g/mol. The van der Waals surface area contributed by atoms with Gasteiger partial charge in [0.2, 0.25) is 12.7 Å². The average molecular weight is 249 g/mol. The van der Waals surface area contributed by atoms with E-state index in [2.05, 4.69) is 10.6 Å². The molecule has 18 heavy (non-hydrogen) atoms. The van der Waals surface area contributed by atoms with Gasteiger partial charge in [0.15, 0.2) is 11.5 Å². The fraction of sp³-hybridized carbons (Fsp3) is 0.462. The van der Waals surface area contributed by atoms with E-state index in [0.29, 0.717) is 5.75 Å². The highest BCUT2D eigenvalue weighted by Crippen LogP contribution is 2.34. The number of nitrogens with one attached hydrogen (secondary N) is 1. The van der Waals surface area contributed by atoms with Crippen LogP contribution in [0.25, 0.3) is 0 Å². The molecule has 0 saturated carbocycles. The highest BCUT2D eigenvalue weighted by atomic mass is 16.7. The van der Waals surface area contributed by atoms with E-state index in [1.807, 2.05) is 18.2 Å². The van der Waals surface area contributed by atoms with Crippen molar-refractivity contribution in [3.8, 4) is 11.5 Å². The van der Waals surface area contributed by atoms with E-state index in [0.717, 1.165) is 37.4 Å². The zero-order valence-corrected chi connectivity index (χ0v) is 10.1. The van der Waals surface area contributed by atoms with Crippen LogP contribution in [-0.4, -0.2) is 25.8 Å². The molecule has 3 N–H and O–H groups in total. The summed E-state index contributed by atoms with van der Waals surface area (Å²) in [7, 11) is 0. The molecule has 2 heterocycles. The highest BCUT2D eigenvalue weighted by Gasteiger charge is 2.23. The number of piperidine rings is 1. The molecular weight excluding hydrogens is 232 g/mol. The van der Waals surface area contributed by atoms with Gasteiger partial charge >= 0.3 is 0 Å². The summed E-state index contributed by atoms with van der Waals surface area (Å²) in [5.41, 5.74) is 0.777. The molecule has 0 bridgehead atoms. The summed E-state index contributed by atoms with van der Waals surface area (Å²) in [6.07, 6.45) is 1.91. The van der Waals surface area contributed by atoms with E-state index < -0.39 is 0 Å². The Balaban J connectivity index is 1.66. The number of rotatable bonds is 2. The minimum atomic E-state index is 0.113. The quantitative estimate of drug-likeness (QED) is 0.793. The van der Waals surface area contributed by atoms with Crippen molar-refractivity contribution in [3.63, 3.8) is 0 Å². The molecule has 1 saturated heterocycles. The maximum Gasteiger partial charge on any atom is 0.231 e. The van der Waals surface area contributed by atoms with Gasteiger partial charge in [-0.1, -0.05) is 0 Å². The van der Waals surface area contributed by atoms with Crippen molar-refractivity contribution in [2.24, 2.45) is 5.92 Å². The number of fused-ring (bicyclic) bond motifs is 1. The second-order valence-corrected chi connectivity index (χ2v) is 4.70. The summed E-state index contributed by atoms with van der Waals surface area (Å²) in [6, 6.07) is 5.49. The van der Waals surface area contributed by atoms with Crippen LogP contribution >= 0.6 is 0 Å². The SMILES string of the molecule is O=C(Nc1ccc2c(c1)OCO2)C1CC[NH2+]CC1. The van der Waals surface area contributed by atoms with Crippen molar-refractivity contribution < 1.29 is 19.6 Å². The summed E-state index contributed by atoms with van der Waals surface area (Å²) in [5, 5.41) is 5.21. The maximum atomic E-state index is 12.1. The molecule has 0 radical (unpaired) electrons. The lowest BCUT2D eigenvalue weighted by Crippen LogP contribution is -2.86. The normalized spacial score (nSPS) is 18.7. The van der Waals surface area contributed by atoms with Gasteiger partial charge in [0.25, 0.3) is 0 Å². The summed E-state index contributed by atoms with van der Waals surface area (Å²) in [5.74, 6) is 1.69. The lowest BCUT2D eigenvalue weighted by molar-refractivity contribution is -0.663. The molecule has 0 unspecified atom stereocenters. The van der Waals surface area contributed by atoms with E-state index in [1.54, 1.807) is 0 Å². The van der Waals surface area contributed by atoms with Crippen LogP contribution in [0.3, 0.4) is 0 Å². The molecule has 1 fully saturated rings. The number of benzene rings is 1. The van der Waals surface area contributed by atoms with Crippen LogP contribution in [0.5, 0.6) is 11.5 Å². The molecule has 1 aromatic carbocycles. The first-order valence-corrected chi connectivity index (χ1v) is 6.35. The average Bonchev–Trinajstić information content (AvgIpc) is 2.87. The van der Waals surface area contributed by atoms with Crippen LogP contribution in [0.1, 0.15) is 12.8 Å². The smallest absolute Gasteiger partial charge is 0.231 e. The van der Waals surface area contributed by atoms with Gasteiger partial charge < -0.3 is 20.1 Å². The van der Waals surface area contributed by atoms with Crippen LogP contribution in [0.4, 0.5) is 5.69 Å². The second-order valence-electron chi connectivity index (χ2n) is 4.70. The molecular formula is C13H17N2O3+. The van der Waals surface area contributed by atoms with Gasteiger partial charge in [-0.3, -0.25) is 4.79 Å². The highest BCUT2D eigenvalue weighted by molar-refractivity contribution is 5.92. The largest absolute Gasteiger partial charge is 0.454 e. The first kappa shape index (κ1) is 11.3. The van der Waals surface area contributed by atoms with Crippen molar-refractivity contribution in [2.75, 3.05) is 25.2 Å². The van der Waals surface area contributed by atoms with Gasteiger partial charge in [-0.2, -0.15) is 0 Å². The number of hydrogen-bond donors (Lipinski definition) is 2. The molecule has 2 aliphatic rings. The molecule has 0 spiro atoms. The van der Waals surface area contributed by atoms with Gasteiger partial charge in [0.1, 0.15) is 0 Å². The third kappa shape index (κ3) is 2.26. The zero-order valence-electron chi connectivity index (χ0n) is 10.1. The molecule has 0 aliphatic carbocycles. The van der Waals surface area contributed by atoms with Crippen LogP contribution < -0.4 is 20.1 Å². The molecule has 1 amide bonds. The van der Waals surface area contributed by atoms with Crippen molar-refractivity contribution in [3.05, 3.63) is 18.2 Å². The van der Waals surface area contributed by atoms with Gasteiger partial charge in [-0.05, 0) is 12.1 Å². The molecule has 5 heteroatoms. The molecule has 3 rings (SSSR count). The van der Waals surface area contributed by atoms with Crippen molar-refractivity contribution in [1.82, 2.24) is 0 Å². The van der Waals surface area contributed by atoms with Crippen LogP contribution in [0.15, 0.2) is 18.2 Å². The van der Waals surface area contributed by atoms with E-state index in [1.165, 1.54) is 0 Å². The Morgan fingerprint density at radius 3 is 2.83 bits per heavy atom. The minimum absolute atomic E-state index is 0.113. The summed E-state index contributed by atoms with van der Waals surface area (Å²) >= 11 is 0. The number of carbonyl (C=O) groups is 1. The Labute approximate surface area is 105 Å². The third-order valence-electron chi connectivity index (χ3n) is 3.45. The van der Waals surface area contributed by atoms with Gasteiger partial charge in [-0.25, -0.2) is 0 Å². The van der Waals surface area contributed by atoms with Crippen LogP contribution in [0, 0.1) is 5.92 Å². The topological polar surface area (TPSA) is 64.2 Å². The Morgan fingerprint density at radius 1 is 1.22 bits per heavy atom. The van der Waals surface area contributed by atoms with E-state index in [4.69, 9.17) is 9.47 Å². The van der Waals surface area contributed by atoms with E-state index in [9.17, 15) is 4.79 Å². The van der Waals surface area contributed by atoms with Gasteiger partial charge in [0, 0.05) is 30.5 Å². The maximum absolute atomic E-state index is 12.1. The van der Waals surface area contributed by atoms with Crippen molar-refractivity contribution in [2.45, 2.75) is 12.8 Å². The van der Waals surface area contributed by atoms with Gasteiger partial charge in [-0.15, -0.1) is 0 Å². The Hall–Kier alpha value is -1.75. The van der Waals surface area contributed by atoms with E-state index >= 15 is 0 Å². The number of ether oxygens (including phenoxy) is 2. The molecule has 0 aromatic heterocycles. The summed E-state index contributed by atoms with van der Waals surface area (Å²) < 4.78 is 10.5. The molecule has 0 atom stereocenters. The zero-order chi connectivity index (χ0) is 12.4.